The minimum Gasteiger partial charge on any atom is -0.369 e. The molecule has 3 amide bonds. The van der Waals surface area contributed by atoms with Crippen LogP contribution < -0.4 is 20.4 Å². The first-order valence-electron chi connectivity index (χ1n) is 9.88. The first-order valence-corrected chi connectivity index (χ1v) is 10.8. The third-order valence-electron chi connectivity index (χ3n) is 5.28. The highest BCUT2D eigenvalue weighted by Crippen LogP contribution is 2.23. The van der Waals surface area contributed by atoms with Crippen LogP contribution >= 0.6 is 11.3 Å². The summed E-state index contributed by atoms with van der Waals surface area (Å²) < 4.78 is 0. The van der Waals surface area contributed by atoms with Crippen molar-refractivity contribution in [2.24, 2.45) is 0 Å². The van der Waals surface area contributed by atoms with Gasteiger partial charge in [-0.1, -0.05) is 18.2 Å². The molecule has 2 aliphatic heterocycles. The molecule has 29 heavy (non-hydrogen) atoms. The van der Waals surface area contributed by atoms with Crippen molar-refractivity contribution in [1.82, 2.24) is 20.5 Å². The van der Waals surface area contributed by atoms with E-state index in [1.165, 1.54) is 17.0 Å². The maximum atomic E-state index is 12.5. The van der Waals surface area contributed by atoms with Gasteiger partial charge in [0.25, 0.3) is 0 Å². The van der Waals surface area contributed by atoms with E-state index >= 15 is 0 Å². The van der Waals surface area contributed by atoms with E-state index in [9.17, 15) is 9.59 Å². The molecule has 0 unspecified atom stereocenters. The summed E-state index contributed by atoms with van der Waals surface area (Å²) in [6, 6.07) is 8.12. The SMILES string of the molecule is CN1CCN(c2ccccc2CNC(=O)Cc2csc(N3CCNC3=O)n2)CC1. The highest BCUT2D eigenvalue weighted by molar-refractivity contribution is 7.14. The minimum atomic E-state index is -0.129. The lowest BCUT2D eigenvalue weighted by atomic mass is 10.1. The highest BCUT2D eigenvalue weighted by atomic mass is 32.1. The molecule has 0 aliphatic carbocycles. The standard InChI is InChI=1S/C20H26N6O2S/c1-24-8-10-25(11-9-24)17-5-3-2-4-15(17)13-22-18(27)12-16-14-29-20(23-16)26-7-6-21-19(26)28/h2-5,14H,6-13H2,1H3,(H,21,28)(H,22,27). The molecule has 2 saturated heterocycles. The summed E-state index contributed by atoms with van der Waals surface area (Å²) in [5.41, 5.74) is 3.00. The van der Waals surface area contributed by atoms with Gasteiger partial charge >= 0.3 is 6.03 Å². The van der Waals surface area contributed by atoms with Crippen molar-refractivity contribution in [2.75, 3.05) is 56.1 Å². The van der Waals surface area contributed by atoms with E-state index in [1.54, 1.807) is 4.90 Å². The fourth-order valence-corrected chi connectivity index (χ4v) is 4.44. The summed E-state index contributed by atoms with van der Waals surface area (Å²) in [6.45, 7) is 5.80. The van der Waals surface area contributed by atoms with Gasteiger partial charge in [-0.15, -0.1) is 11.3 Å². The van der Waals surface area contributed by atoms with E-state index < -0.39 is 0 Å². The number of urea groups is 1. The number of hydrogen-bond acceptors (Lipinski definition) is 6. The molecule has 1 aromatic heterocycles. The Morgan fingerprint density at radius 2 is 2.00 bits per heavy atom. The van der Waals surface area contributed by atoms with Gasteiger partial charge in [0.1, 0.15) is 0 Å². The molecule has 1 aromatic carbocycles. The Balaban J connectivity index is 1.33. The summed E-state index contributed by atoms with van der Waals surface area (Å²) >= 11 is 1.39. The topological polar surface area (TPSA) is 80.8 Å². The number of piperazine rings is 1. The summed E-state index contributed by atoms with van der Waals surface area (Å²) in [6.07, 6.45) is 0.211. The average Bonchev–Trinajstić information content (AvgIpc) is 3.36. The molecule has 3 heterocycles. The molecule has 4 rings (SSSR count). The van der Waals surface area contributed by atoms with Gasteiger partial charge in [0, 0.05) is 56.9 Å². The Hall–Kier alpha value is -2.65. The summed E-state index contributed by atoms with van der Waals surface area (Å²) in [5.74, 6) is -0.0686. The molecule has 2 N–H and O–H groups in total. The predicted octanol–water partition coefficient (Wildman–Crippen LogP) is 1.28. The van der Waals surface area contributed by atoms with Gasteiger partial charge in [-0.2, -0.15) is 0 Å². The summed E-state index contributed by atoms with van der Waals surface area (Å²) in [4.78, 5) is 35.0. The van der Waals surface area contributed by atoms with Crippen LogP contribution in [0.25, 0.3) is 0 Å². The molecule has 8 nitrogen and oxygen atoms in total. The number of benzene rings is 1. The van der Waals surface area contributed by atoms with Gasteiger partial charge in [0.05, 0.1) is 12.1 Å². The van der Waals surface area contributed by atoms with Crippen LogP contribution in [0.15, 0.2) is 29.6 Å². The van der Waals surface area contributed by atoms with Crippen molar-refractivity contribution < 1.29 is 9.59 Å². The largest absolute Gasteiger partial charge is 0.369 e. The molecule has 2 aromatic rings. The molecule has 0 atom stereocenters. The zero-order chi connectivity index (χ0) is 20.2. The number of thiazole rings is 1. The first kappa shape index (κ1) is 19.7. The lowest BCUT2D eigenvalue weighted by Gasteiger charge is -2.35. The van der Waals surface area contributed by atoms with Gasteiger partial charge in [-0.3, -0.25) is 9.69 Å². The van der Waals surface area contributed by atoms with Crippen LogP contribution in [0.1, 0.15) is 11.3 Å². The summed E-state index contributed by atoms with van der Waals surface area (Å²) in [5, 5.41) is 8.27. The number of hydrogen-bond donors (Lipinski definition) is 2. The number of aromatic nitrogens is 1. The highest BCUT2D eigenvalue weighted by Gasteiger charge is 2.24. The Morgan fingerprint density at radius 3 is 2.76 bits per heavy atom. The van der Waals surface area contributed by atoms with Crippen molar-refractivity contribution in [3.63, 3.8) is 0 Å². The van der Waals surface area contributed by atoms with E-state index in [0.29, 0.717) is 30.5 Å². The van der Waals surface area contributed by atoms with E-state index in [2.05, 4.69) is 44.6 Å². The second-order valence-corrected chi connectivity index (χ2v) is 8.21. The van der Waals surface area contributed by atoms with Gasteiger partial charge in [-0.25, -0.2) is 9.78 Å². The van der Waals surface area contributed by atoms with Crippen LogP contribution in [0.4, 0.5) is 15.6 Å². The quantitative estimate of drug-likeness (QED) is 0.744. The zero-order valence-electron chi connectivity index (χ0n) is 16.6. The fraction of sp³-hybridized carbons (Fsp3) is 0.450. The number of rotatable bonds is 6. The smallest absolute Gasteiger partial charge is 0.323 e. The number of para-hydroxylation sites is 1. The predicted molar refractivity (Wildman–Crippen MR) is 115 cm³/mol. The number of nitrogens with one attached hydrogen (secondary N) is 2. The number of likely N-dealkylation sites (N-methyl/N-ethyl adjacent to an activating group) is 1. The molecular weight excluding hydrogens is 388 g/mol. The molecule has 2 fully saturated rings. The molecule has 9 heteroatoms. The maximum absolute atomic E-state index is 12.5. The number of carbonyl (C=O) groups excluding carboxylic acids is 2. The molecule has 154 valence electrons. The number of amides is 3. The van der Waals surface area contributed by atoms with Crippen molar-refractivity contribution in [1.29, 1.82) is 0 Å². The van der Waals surface area contributed by atoms with Gasteiger partial charge in [-0.05, 0) is 18.7 Å². The maximum Gasteiger partial charge on any atom is 0.323 e. The molecule has 0 spiro atoms. The number of carbonyl (C=O) groups is 2. The molecule has 2 aliphatic rings. The lowest BCUT2D eigenvalue weighted by molar-refractivity contribution is -0.120. The van der Waals surface area contributed by atoms with E-state index in [0.717, 1.165) is 31.7 Å². The van der Waals surface area contributed by atoms with Crippen molar-refractivity contribution >= 4 is 34.1 Å². The number of nitrogens with zero attached hydrogens (tertiary/aromatic N) is 4. The van der Waals surface area contributed by atoms with Gasteiger partial charge in [0.2, 0.25) is 5.91 Å². The monoisotopic (exact) mass is 414 g/mol. The molecule has 0 radical (unpaired) electrons. The van der Waals surface area contributed by atoms with Crippen LogP contribution in [0.5, 0.6) is 0 Å². The molecule has 0 bridgehead atoms. The molecular formula is C20H26N6O2S. The van der Waals surface area contributed by atoms with Crippen molar-refractivity contribution in [2.45, 2.75) is 13.0 Å². The number of anilines is 2. The third kappa shape index (κ3) is 4.68. The average molecular weight is 415 g/mol. The second-order valence-electron chi connectivity index (χ2n) is 7.38. The normalized spacial score (nSPS) is 17.5. The van der Waals surface area contributed by atoms with Gasteiger partial charge in [0.15, 0.2) is 5.13 Å². The fourth-order valence-electron chi connectivity index (χ4n) is 3.59. The Kier molecular flexibility index (Phi) is 5.96. The van der Waals surface area contributed by atoms with Crippen molar-refractivity contribution in [3.8, 4) is 0 Å². The van der Waals surface area contributed by atoms with E-state index in [1.807, 2.05) is 17.5 Å². The van der Waals surface area contributed by atoms with Crippen LogP contribution in [-0.4, -0.2) is 68.1 Å². The van der Waals surface area contributed by atoms with Crippen LogP contribution in [0.2, 0.25) is 0 Å². The van der Waals surface area contributed by atoms with Gasteiger partial charge < -0.3 is 20.4 Å². The zero-order valence-corrected chi connectivity index (χ0v) is 17.4. The summed E-state index contributed by atoms with van der Waals surface area (Å²) in [7, 11) is 2.14. The third-order valence-corrected chi connectivity index (χ3v) is 6.19. The Morgan fingerprint density at radius 1 is 1.21 bits per heavy atom. The van der Waals surface area contributed by atoms with Crippen LogP contribution in [0, 0.1) is 0 Å². The Bertz CT molecular complexity index is 877. The first-order chi connectivity index (χ1) is 14.1. The lowest BCUT2D eigenvalue weighted by Crippen LogP contribution is -2.45. The Labute approximate surface area is 174 Å². The molecule has 0 saturated carbocycles. The van der Waals surface area contributed by atoms with E-state index in [4.69, 9.17) is 0 Å². The van der Waals surface area contributed by atoms with Crippen molar-refractivity contribution in [3.05, 3.63) is 40.9 Å². The van der Waals surface area contributed by atoms with Crippen LogP contribution in [0.3, 0.4) is 0 Å². The van der Waals surface area contributed by atoms with E-state index in [-0.39, 0.29) is 18.4 Å². The van der Waals surface area contributed by atoms with Crippen LogP contribution in [-0.2, 0) is 17.8 Å². The second kappa shape index (κ2) is 8.79. The minimum absolute atomic E-state index is 0.0686.